The van der Waals surface area contributed by atoms with Crippen LogP contribution in [0.5, 0.6) is 0 Å². The van der Waals surface area contributed by atoms with Crippen LogP contribution in [0.2, 0.25) is 0 Å². The number of nitrogens with two attached hydrogens (primary N) is 1. The minimum Gasteiger partial charge on any atom is -0.351 e. The quantitative estimate of drug-likeness (QED) is 0.744. The third-order valence-electron chi connectivity index (χ3n) is 3.39. The number of rotatable bonds is 5. The number of hydrogen-bond acceptors (Lipinski definition) is 3. The Morgan fingerprint density at radius 2 is 2.22 bits per heavy atom. The molecule has 1 aliphatic heterocycles. The molecule has 0 saturated carbocycles. The molecule has 0 unspecified atom stereocenters. The fourth-order valence-electron chi connectivity index (χ4n) is 2.29. The number of hydrogen-bond donors (Lipinski definition) is 2. The van der Waals surface area contributed by atoms with Crippen molar-refractivity contribution in [2.45, 2.75) is 31.8 Å². The van der Waals surface area contributed by atoms with Crippen LogP contribution >= 0.6 is 0 Å². The number of likely N-dealkylation sites (tertiary alicyclic amines) is 1. The summed E-state index contributed by atoms with van der Waals surface area (Å²) in [7, 11) is 0. The maximum atomic E-state index is 11.0. The highest BCUT2D eigenvalue weighted by atomic mass is 16.2. The van der Waals surface area contributed by atoms with Gasteiger partial charge in [-0.3, -0.25) is 0 Å². The number of amides is 2. The highest BCUT2D eigenvalue weighted by molar-refractivity contribution is 5.72. The summed E-state index contributed by atoms with van der Waals surface area (Å²) in [6, 6.07) is 0.219. The molecular formula is C12H21N5O. The van der Waals surface area contributed by atoms with Gasteiger partial charge in [0.1, 0.15) is 0 Å². The molecule has 2 amide bonds. The van der Waals surface area contributed by atoms with E-state index in [1.165, 1.54) is 0 Å². The normalized spacial score (nSPS) is 17.0. The summed E-state index contributed by atoms with van der Waals surface area (Å²) in [4.78, 5) is 16.7. The predicted molar refractivity (Wildman–Crippen MR) is 69.0 cm³/mol. The van der Waals surface area contributed by atoms with E-state index < -0.39 is 0 Å². The molecule has 2 rings (SSSR count). The molecule has 1 fully saturated rings. The fourth-order valence-corrected chi connectivity index (χ4v) is 2.29. The second kappa shape index (κ2) is 6.39. The number of urea groups is 1. The monoisotopic (exact) mass is 251 g/mol. The van der Waals surface area contributed by atoms with Gasteiger partial charge >= 0.3 is 6.03 Å². The van der Waals surface area contributed by atoms with Crippen LogP contribution in [0.25, 0.3) is 0 Å². The van der Waals surface area contributed by atoms with Gasteiger partial charge in [-0.05, 0) is 25.8 Å². The molecule has 100 valence electrons. The molecule has 0 spiro atoms. The van der Waals surface area contributed by atoms with Crippen molar-refractivity contribution in [2.24, 2.45) is 5.73 Å². The van der Waals surface area contributed by atoms with Gasteiger partial charge in [-0.2, -0.15) is 0 Å². The van der Waals surface area contributed by atoms with E-state index in [0.717, 1.165) is 45.4 Å². The van der Waals surface area contributed by atoms with Gasteiger partial charge in [0.05, 0.1) is 6.33 Å². The van der Waals surface area contributed by atoms with E-state index in [4.69, 9.17) is 5.73 Å². The number of aromatic nitrogens is 2. The van der Waals surface area contributed by atoms with Crippen LogP contribution in [0, 0.1) is 0 Å². The van der Waals surface area contributed by atoms with Crippen molar-refractivity contribution in [1.29, 1.82) is 0 Å². The topological polar surface area (TPSA) is 76.2 Å². The first-order chi connectivity index (χ1) is 8.75. The lowest BCUT2D eigenvalue weighted by Crippen LogP contribution is -2.47. The van der Waals surface area contributed by atoms with Gasteiger partial charge in [-0.15, -0.1) is 0 Å². The maximum absolute atomic E-state index is 11.0. The first-order valence-corrected chi connectivity index (χ1v) is 6.49. The second-order valence-electron chi connectivity index (χ2n) is 4.71. The summed E-state index contributed by atoms with van der Waals surface area (Å²) in [5.41, 5.74) is 5.25. The van der Waals surface area contributed by atoms with Gasteiger partial charge in [0.25, 0.3) is 0 Å². The van der Waals surface area contributed by atoms with Crippen molar-refractivity contribution in [2.75, 3.05) is 19.6 Å². The second-order valence-corrected chi connectivity index (χ2v) is 4.71. The Labute approximate surface area is 107 Å². The Kier molecular flexibility index (Phi) is 4.58. The number of aryl methyl sites for hydroxylation is 1. The molecule has 6 heteroatoms. The molecule has 1 aromatic rings. The standard InChI is InChI=1S/C12H21N5O/c13-12(18)17-7-2-11(3-8-17)15-4-1-6-16-9-5-14-10-16/h5,9-11,15H,1-4,6-8H2,(H2,13,18). The molecule has 1 aliphatic rings. The van der Waals surface area contributed by atoms with Crippen molar-refractivity contribution in [3.05, 3.63) is 18.7 Å². The molecule has 0 bridgehead atoms. The maximum Gasteiger partial charge on any atom is 0.314 e. The zero-order valence-corrected chi connectivity index (χ0v) is 10.6. The van der Waals surface area contributed by atoms with E-state index in [0.29, 0.717) is 6.04 Å². The molecule has 6 nitrogen and oxygen atoms in total. The van der Waals surface area contributed by atoms with Gasteiger partial charge in [0, 0.05) is 38.1 Å². The Bertz CT molecular complexity index is 357. The Morgan fingerprint density at radius 3 is 2.83 bits per heavy atom. The first-order valence-electron chi connectivity index (χ1n) is 6.49. The number of imidazole rings is 1. The Balaban J connectivity index is 1.57. The average Bonchev–Trinajstić information content (AvgIpc) is 2.88. The zero-order chi connectivity index (χ0) is 12.8. The van der Waals surface area contributed by atoms with E-state index in [-0.39, 0.29) is 6.03 Å². The predicted octanol–water partition coefficient (Wildman–Crippen LogP) is 0.406. The lowest BCUT2D eigenvalue weighted by molar-refractivity contribution is 0.185. The van der Waals surface area contributed by atoms with Crippen molar-refractivity contribution in [1.82, 2.24) is 19.8 Å². The fraction of sp³-hybridized carbons (Fsp3) is 0.667. The summed E-state index contributed by atoms with van der Waals surface area (Å²) in [5.74, 6) is 0. The number of primary amides is 1. The number of piperidine rings is 1. The summed E-state index contributed by atoms with van der Waals surface area (Å²) in [5, 5.41) is 3.53. The largest absolute Gasteiger partial charge is 0.351 e. The number of nitrogens with one attached hydrogen (secondary N) is 1. The third-order valence-corrected chi connectivity index (χ3v) is 3.39. The van der Waals surface area contributed by atoms with Crippen molar-refractivity contribution < 1.29 is 4.79 Å². The van der Waals surface area contributed by atoms with Gasteiger partial charge in [0.2, 0.25) is 0 Å². The van der Waals surface area contributed by atoms with Gasteiger partial charge in [0.15, 0.2) is 0 Å². The minimum atomic E-state index is -0.298. The Hall–Kier alpha value is -1.56. The first kappa shape index (κ1) is 12.9. The highest BCUT2D eigenvalue weighted by Gasteiger charge is 2.20. The van der Waals surface area contributed by atoms with E-state index in [2.05, 4.69) is 14.9 Å². The van der Waals surface area contributed by atoms with Crippen molar-refractivity contribution in [3.8, 4) is 0 Å². The third kappa shape index (κ3) is 3.73. The van der Waals surface area contributed by atoms with E-state index in [1.807, 2.05) is 12.5 Å². The molecule has 1 aromatic heterocycles. The molecule has 0 atom stereocenters. The van der Waals surface area contributed by atoms with Crippen LogP contribution in [0.15, 0.2) is 18.7 Å². The number of carbonyl (C=O) groups is 1. The highest BCUT2D eigenvalue weighted by Crippen LogP contribution is 2.09. The van der Waals surface area contributed by atoms with Gasteiger partial charge in [-0.1, -0.05) is 0 Å². The summed E-state index contributed by atoms with van der Waals surface area (Å²) in [6.45, 7) is 3.54. The molecule has 3 N–H and O–H groups in total. The molecule has 0 radical (unpaired) electrons. The van der Waals surface area contributed by atoms with Crippen LogP contribution in [0.3, 0.4) is 0 Å². The molecule has 1 saturated heterocycles. The van der Waals surface area contributed by atoms with Crippen LogP contribution in [-0.2, 0) is 6.54 Å². The number of nitrogens with zero attached hydrogens (tertiary/aromatic N) is 3. The van der Waals surface area contributed by atoms with Crippen molar-refractivity contribution >= 4 is 6.03 Å². The molecule has 0 aromatic carbocycles. The average molecular weight is 251 g/mol. The minimum absolute atomic E-state index is 0.298. The van der Waals surface area contributed by atoms with Gasteiger partial charge in [-0.25, -0.2) is 9.78 Å². The van der Waals surface area contributed by atoms with Crippen LogP contribution in [0.1, 0.15) is 19.3 Å². The molecule has 0 aliphatic carbocycles. The van der Waals surface area contributed by atoms with E-state index in [9.17, 15) is 4.79 Å². The SMILES string of the molecule is NC(=O)N1CCC(NCCCn2ccnc2)CC1. The Morgan fingerprint density at radius 1 is 1.44 bits per heavy atom. The van der Waals surface area contributed by atoms with E-state index >= 15 is 0 Å². The van der Waals surface area contributed by atoms with Crippen LogP contribution in [-0.4, -0.2) is 46.2 Å². The summed E-state index contributed by atoms with van der Waals surface area (Å²) in [6.07, 6.45) is 8.69. The van der Waals surface area contributed by atoms with E-state index in [1.54, 1.807) is 11.1 Å². The van der Waals surface area contributed by atoms with Gasteiger partial charge < -0.3 is 20.5 Å². The zero-order valence-electron chi connectivity index (χ0n) is 10.6. The summed E-state index contributed by atoms with van der Waals surface area (Å²) < 4.78 is 2.08. The smallest absolute Gasteiger partial charge is 0.314 e. The molecule has 18 heavy (non-hydrogen) atoms. The molecule has 2 heterocycles. The molecular weight excluding hydrogens is 230 g/mol. The van der Waals surface area contributed by atoms with Crippen molar-refractivity contribution in [3.63, 3.8) is 0 Å². The van der Waals surface area contributed by atoms with Crippen LogP contribution in [0.4, 0.5) is 4.79 Å². The summed E-state index contributed by atoms with van der Waals surface area (Å²) >= 11 is 0. The lowest BCUT2D eigenvalue weighted by Gasteiger charge is -2.31. The van der Waals surface area contributed by atoms with Crippen LogP contribution < -0.4 is 11.1 Å². The number of carbonyl (C=O) groups excluding carboxylic acids is 1. The lowest BCUT2D eigenvalue weighted by atomic mass is 10.1.